The molecule has 0 unspecified atom stereocenters. The molecule has 1 aromatic carbocycles. The van der Waals surface area contributed by atoms with E-state index in [9.17, 15) is 18.0 Å². The molecule has 0 aliphatic rings. The van der Waals surface area contributed by atoms with E-state index in [2.05, 4.69) is 10.6 Å². The fourth-order valence-corrected chi connectivity index (χ4v) is 1.74. The summed E-state index contributed by atoms with van der Waals surface area (Å²) in [6.07, 6.45) is -4.26. The lowest BCUT2D eigenvalue weighted by Crippen LogP contribution is -2.28. The summed E-state index contributed by atoms with van der Waals surface area (Å²) in [5.74, 6) is 0.194. The number of benzene rings is 1. The van der Waals surface area contributed by atoms with Crippen LogP contribution in [0, 0.1) is 5.92 Å². The summed E-state index contributed by atoms with van der Waals surface area (Å²) in [4.78, 5) is 11.5. The Bertz CT molecular complexity index is 490. The van der Waals surface area contributed by atoms with Crippen molar-refractivity contribution in [2.75, 3.05) is 18.4 Å². The first-order chi connectivity index (χ1) is 9.70. The average Bonchev–Trinajstić information content (AvgIpc) is 2.37. The van der Waals surface area contributed by atoms with Gasteiger partial charge >= 0.3 is 6.18 Å². The highest BCUT2D eigenvalue weighted by atomic mass is 35.5. The van der Waals surface area contributed by atoms with Gasteiger partial charge in [0.15, 0.2) is 0 Å². The van der Waals surface area contributed by atoms with Crippen molar-refractivity contribution in [1.82, 2.24) is 5.32 Å². The molecule has 0 atom stereocenters. The number of rotatable bonds is 6. The third-order valence-electron chi connectivity index (χ3n) is 2.67. The molecule has 0 aliphatic heterocycles. The quantitative estimate of drug-likeness (QED) is 0.833. The minimum absolute atomic E-state index is 0.153. The summed E-state index contributed by atoms with van der Waals surface area (Å²) < 4.78 is 37.8. The predicted octanol–water partition coefficient (Wildman–Crippen LogP) is 3.93. The molecule has 21 heavy (non-hydrogen) atoms. The van der Waals surface area contributed by atoms with E-state index < -0.39 is 11.7 Å². The SMILES string of the molecule is CC(C)CNC(=O)CCNc1cc(C(F)(F)F)ccc1Cl. The number of anilines is 1. The van der Waals surface area contributed by atoms with Crippen LogP contribution in [0.4, 0.5) is 18.9 Å². The smallest absolute Gasteiger partial charge is 0.383 e. The number of nitrogens with one attached hydrogen (secondary N) is 2. The average molecular weight is 323 g/mol. The van der Waals surface area contributed by atoms with Crippen LogP contribution in [0.3, 0.4) is 0 Å². The van der Waals surface area contributed by atoms with E-state index in [4.69, 9.17) is 11.6 Å². The Morgan fingerprint density at radius 3 is 2.57 bits per heavy atom. The van der Waals surface area contributed by atoms with Crippen molar-refractivity contribution in [3.05, 3.63) is 28.8 Å². The van der Waals surface area contributed by atoms with Gasteiger partial charge in [0.2, 0.25) is 5.91 Å². The highest BCUT2D eigenvalue weighted by Crippen LogP contribution is 2.33. The van der Waals surface area contributed by atoms with Gasteiger partial charge in [0.1, 0.15) is 0 Å². The van der Waals surface area contributed by atoms with Gasteiger partial charge in [0.05, 0.1) is 16.3 Å². The van der Waals surface area contributed by atoms with Gasteiger partial charge in [-0.3, -0.25) is 4.79 Å². The molecule has 0 spiro atoms. The second-order valence-corrected chi connectivity index (χ2v) is 5.47. The molecule has 2 N–H and O–H groups in total. The molecule has 3 nitrogen and oxygen atoms in total. The van der Waals surface area contributed by atoms with Crippen molar-refractivity contribution >= 4 is 23.2 Å². The zero-order chi connectivity index (χ0) is 16.0. The first-order valence-corrected chi connectivity index (χ1v) is 6.95. The molecule has 0 bridgehead atoms. The van der Waals surface area contributed by atoms with E-state index >= 15 is 0 Å². The van der Waals surface area contributed by atoms with Crippen LogP contribution >= 0.6 is 11.6 Å². The summed E-state index contributed by atoms with van der Waals surface area (Å²) in [7, 11) is 0. The van der Waals surface area contributed by atoms with Crippen LogP contribution < -0.4 is 10.6 Å². The Labute approximate surface area is 126 Å². The molecule has 0 fully saturated rings. The van der Waals surface area contributed by atoms with Crippen LogP contribution in [-0.2, 0) is 11.0 Å². The van der Waals surface area contributed by atoms with E-state index in [1.807, 2.05) is 13.8 Å². The fourth-order valence-electron chi connectivity index (χ4n) is 1.55. The van der Waals surface area contributed by atoms with Crippen molar-refractivity contribution < 1.29 is 18.0 Å². The van der Waals surface area contributed by atoms with Gasteiger partial charge in [-0.25, -0.2) is 0 Å². The van der Waals surface area contributed by atoms with Crippen LogP contribution in [0.5, 0.6) is 0 Å². The summed E-state index contributed by atoms with van der Waals surface area (Å²) in [6, 6.07) is 3.04. The Kier molecular flexibility index (Phi) is 6.33. The Balaban J connectivity index is 2.54. The monoisotopic (exact) mass is 322 g/mol. The molecule has 0 aliphatic carbocycles. The van der Waals surface area contributed by atoms with Gasteiger partial charge < -0.3 is 10.6 Å². The van der Waals surface area contributed by atoms with Crippen LogP contribution in [-0.4, -0.2) is 19.0 Å². The van der Waals surface area contributed by atoms with Crippen molar-refractivity contribution in [2.24, 2.45) is 5.92 Å². The number of amides is 1. The highest BCUT2D eigenvalue weighted by molar-refractivity contribution is 6.33. The second kappa shape index (κ2) is 7.54. The third kappa shape index (κ3) is 6.25. The highest BCUT2D eigenvalue weighted by Gasteiger charge is 2.30. The van der Waals surface area contributed by atoms with Crippen LogP contribution in [0.2, 0.25) is 5.02 Å². The number of alkyl halides is 3. The molecular weight excluding hydrogens is 305 g/mol. The van der Waals surface area contributed by atoms with Crippen LogP contribution in [0.1, 0.15) is 25.8 Å². The maximum absolute atomic E-state index is 12.6. The molecule has 1 amide bonds. The largest absolute Gasteiger partial charge is 0.416 e. The minimum atomic E-state index is -4.42. The van der Waals surface area contributed by atoms with E-state index in [0.29, 0.717) is 12.5 Å². The predicted molar refractivity (Wildman–Crippen MR) is 77.4 cm³/mol. The molecule has 1 aromatic rings. The van der Waals surface area contributed by atoms with E-state index in [1.54, 1.807) is 0 Å². The van der Waals surface area contributed by atoms with E-state index in [1.165, 1.54) is 6.07 Å². The fraction of sp³-hybridized carbons (Fsp3) is 0.500. The topological polar surface area (TPSA) is 41.1 Å². The zero-order valence-electron chi connectivity index (χ0n) is 11.9. The maximum atomic E-state index is 12.6. The number of halogens is 4. The number of hydrogen-bond donors (Lipinski definition) is 2. The van der Waals surface area contributed by atoms with Crippen molar-refractivity contribution in [3.8, 4) is 0 Å². The van der Waals surface area contributed by atoms with Gasteiger partial charge in [-0.2, -0.15) is 13.2 Å². The molecular formula is C14H18ClF3N2O. The molecule has 0 aromatic heterocycles. The summed E-state index contributed by atoms with van der Waals surface area (Å²) in [6.45, 7) is 4.73. The van der Waals surface area contributed by atoms with Crippen molar-refractivity contribution in [1.29, 1.82) is 0 Å². The minimum Gasteiger partial charge on any atom is -0.383 e. The molecule has 0 saturated carbocycles. The summed E-state index contributed by atoms with van der Waals surface area (Å²) >= 11 is 5.83. The Morgan fingerprint density at radius 2 is 2.00 bits per heavy atom. The summed E-state index contributed by atoms with van der Waals surface area (Å²) in [5, 5.41) is 5.66. The van der Waals surface area contributed by atoms with Gasteiger partial charge in [-0.05, 0) is 24.1 Å². The maximum Gasteiger partial charge on any atom is 0.416 e. The first kappa shape index (κ1) is 17.6. The molecule has 0 saturated heterocycles. The van der Waals surface area contributed by atoms with E-state index in [-0.39, 0.29) is 29.6 Å². The first-order valence-electron chi connectivity index (χ1n) is 6.57. The van der Waals surface area contributed by atoms with Crippen LogP contribution in [0.25, 0.3) is 0 Å². The number of carbonyl (C=O) groups excluding carboxylic acids is 1. The lowest BCUT2D eigenvalue weighted by molar-refractivity contribution is -0.137. The standard InChI is InChI=1S/C14H18ClF3N2O/c1-9(2)8-20-13(21)5-6-19-12-7-10(14(16,17)18)3-4-11(12)15/h3-4,7,9,19H,5-6,8H2,1-2H3,(H,20,21). The van der Waals surface area contributed by atoms with Gasteiger partial charge in [-0.15, -0.1) is 0 Å². The molecule has 0 radical (unpaired) electrons. The molecule has 118 valence electrons. The van der Waals surface area contributed by atoms with Crippen molar-refractivity contribution in [2.45, 2.75) is 26.4 Å². The summed E-state index contributed by atoms with van der Waals surface area (Å²) in [5.41, 5.74) is -0.609. The van der Waals surface area contributed by atoms with E-state index in [0.717, 1.165) is 12.1 Å². The van der Waals surface area contributed by atoms with Crippen LogP contribution in [0.15, 0.2) is 18.2 Å². The Hall–Kier alpha value is -1.43. The Morgan fingerprint density at radius 1 is 1.33 bits per heavy atom. The number of carbonyl (C=O) groups is 1. The third-order valence-corrected chi connectivity index (χ3v) is 3.00. The molecule has 0 heterocycles. The lowest BCUT2D eigenvalue weighted by Gasteiger charge is -2.12. The van der Waals surface area contributed by atoms with Gasteiger partial charge in [0, 0.05) is 19.5 Å². The molecule has 7 heteroatoms. The zero-order valence-corrected chi connectivity index (χ0v) is 12.6. The van der Waals surface area contributed by atoms with Crippen molar-refractivity contribution in [3.63, 3.8) is 0 Å². The lowest BCUT2D eigenvalue weighted by atomic mass is 10.2. The number of hydrogen-bond acceptors (Lipinski definition) is 2. The molecule has 1 rings (SSSR count). The van der Waals surface area contributed by atoms with Gasteiger partial charge in [0.25, 0.3) is 0 Å². The van der Waals surface area contributed by atoms with Gasteiger partial charge in [-0.1, -0.05) is 25.4 Å². The second-order valence-electron chi connectivity index (χ2n) is 5.07. The normalized spacial score (nSPS) is 11.6.